The van der Waals surface area contributed by atoms with Crippen molar-refractivity contribution in [3.05, 3.63) is 83.7 Å². The van der Waals surface area contributed by atoms with E-state index in [0.29, 0.717) is 5.56 Å². The van der Waals surface area contributed by atoms with E-state index in [1.165, 1.54) is 11.3 Å². The molecule has 1 amide bonds. The maximum atomic E-state index is 12.6. The summed E-state index contributed by atoms with van der Waals surface area (Å²) in [6.45, 7) is 4.76. The van der Waals surface area contributed by atoms with Crippen LogP contribution >= 0.6 is 0 Å². The summed E-state index contributed by atoms with van der Waals surface area (Å²) in [5, 5.41) is 3.03. The number of amides is 1. The molecule has 0 radical (unpaired) electrons. The van der Waals surface area contributed by atoms with Gasteiger partial charge in [0.15, 0.2) is 0 Å². The molecule has 1 aliphatic heterocycles. The number of carbonyl (C=O) groups excluding carboxylic acids is 1. The predicted molar refractivity (Wildman–Crippen MR) is 116 cm³/mol. The molecule has 0 aliphatic carbocycles. The number of nitrogens with one attached hydrogen (secondary N) is 1. The zero-order valence-corrected chi connectivity index (χ0v) is 16.6. The number of carbonyl (C=O) groups is 1. The van der Waals surface area contributed by atoms with Crippen molar-refractivity contribution in [3.63, 3.8) is 0 Å². The van der Waals surface area contributed by atoms with E-state index in [4.69, 9.17) is 0 Å². The molecule has 0 bridgehead atoms. The van der Waals surface area contributed by atoms with Gasteiger partial charge in [-0.05, 0) is 72.9 Å². The molecule has 0 saturated carbocycles. The predicted octanol–water partition coefficient (Wildman–Crippen LogP) is 4.58. The molecule has 1 unspecified atom stereocenters. The minimum atomic E-state index is -0.0956. The van der Waals surface area contributed by atoms with E-state index >= 15 is 0 Å². The van der Waals surface area contributed by atoms with Crippen molar-refractivity contribution < 1.29 is 4.79 Å². The summed E-state index contributed by atoms with van der Waals surface area (Å²) in [5.74, 6) is 2.88. The second-order valence-electron chi connectivity index (χ2n) is 7.17. The van der Waals surface area contributed by atoms with E-state index in [1.54, 1.807) is 12.4 Å². The average Bonchev–Trinajstić information content (AvgIpc) is 3.17. The molecule has 2 aromatic carbocycles. The van der Waals surface area contributed by atoms with Gasteiger partial charge in [0, 0.05) is 30.5 Å². The minimum Gasteiger partial charge on any atom is -0.345 e. The maximum Gasteiger partial charge on any atom is 0.251 e. The lowest BCUT2D eigenvalue weighted by Crippen LogP contribution is -2.26. The fourth-order valence-corrected chi connectivity index (χ4v) is 3.64. The number of fused-ring (bicyclic) bond motifs is 1. The summed E-state index contributed by atoms with van der Waals surface area (Å²) in [6.07, 6.45) is 4.50. The van der Waals surface area contributed by atoms with Crippen LogP contribution < -0.4 is 10.2 Å². The number of rotatable bonds is 4. The second-order valence-corrected chi connectivity index (χ2v) is 7.17. The normalized spacial score (nSPS) is 13.2. The fourth-order valence-electron chi connectivity index (χ4n) is 3.64. The number of hydrogen-bond donors (Lipinski definition) is 1. The van der Waals surface area contributed by atoms with Crippen molar-refractivity contribution in [2.75, 3.05) is 11.4 Å². The van der Waals surface area contributed by atoms with Gasteiger partial charge < -0.3 is 10.2 Å². The van der Waals surface area contributed by atoms with Gasteiger partial charge in [-0.15, -0.1) is 0 Å². The number of aromatic nitrogens is 1. The standard InChI is InChI=1S/C25H23N3O/c1-3-14-28-15-12-22-16-21(10-11-24(22)28)19-6-8-20(9-7-19)25(29)27-18(2)23-5-4-13-26-17-23/h4-11,13,16-18H,12,15H2,1-2H3,(H,27,29). The van der Waals surface area contributed by atoms with Crippen LogP contribution in [0.5, 0.6) is 0 Å². The van der Waals surface area contributed by atoms with Crippen molar-refractivity contribution in [1.82, 2.24) is 10.3 Å². The highest BCUT2D eigenvalue weighted by Gasteiger charge is 2.18. The van der Waals surface area contributed by atoms with E-state index in [2.05, 4.69) is 45.4 Å². The van der Waals surface area contributed by atoms with Gasteiger partial charge in [-0.1, -0.05) is 30.2 Å². The molecule has 1 aromatic heterocycles. The molecular weight excluding hydrogens is 358 g/mol. The van der Waals surface area contributed by atoms with Crippen molar-refractivity contribution in [3.8, 4) is 23.1 Å². The SMILES string of the molecule is CC#CN1CCc2cc(-c3ccc(C(=O)NC(C)c4cccnc4)cc3)ccc21. The molecule has 0 saturated heterocycles. The van der Waals surface area contributed by atoms with Crippen LogP contribution in [0.1, 0.15) is 41.4 Å². The molecule has 4 heteroatoms. The number of anilines is 1. The van der Waals surface area contributed by atoms with E-state index in [9.17, 15) is 4.79 Å². The lowest BCUT2D eigenvalue weighted by Gasteiger charge is -2.14. The lowest BCUT2D eigenvalue weighted by atomic mass is 10.0. The van der Waals surface area contributed by atoms with E-state index in [0.717, 1.165) is 29.7 Å². The maximum absolute atomic E-state index is 12.6. The van der Waals surface area contributed by atoms with E-state index in [-0.39, 0.29) is 11.9 Å². The third-order valence-corrected chi connectivity index (χ3v) is 5.23. The highest BCUT2D eigenvalue weighted by molar-refractivity contribution is 5.95. The summed E-state index contributed by atoms with van der Waals surface area (Å²) in [4.78, 5) is 18.8. The van der Waals surface area contributed by atoms with Crippen LogP contribution in [0, 0.1) is 12.0 Å². The Morgan fingerprint density at radius 2 is 1.93 bits per heavy atom. The van der Waals surface area contributed by atoms with E-state index < -0.39 is 0 Å². The third kappa shape index (κ3) is 4.00. The van der Waals surface area contributed by atoms with Crippen molar-refractivity contribution in [1.29, 1.82) is 0 Å². The molecule has 144 valence electrons. The van der Waals surface area contributed by atoms with Crippen LogP contribution in [0.4, 0.5) is 5.69 Å². The Bertz CT molecular complexity index is 1080. The van der Waals surface area contributed by atoms with Gasteiger partial charge in [0.1, 0.15) is 0 Å². The first-order chi connectivity index (χ1) is 14.2. The average molecular weight is 381 g/mol. The van der Waals surface area contributed by atoms with Crippen LogP contribution in [-0.4, -0.2) is 17.4 Å². The Balaban J connectivity index is 1.48. The Hall–Kier alpha value is -3.58. The number of pyridine rings is 1. The minimum absolute atomic E-state index is 0.0874. The Morgan fingerprint density at radius 3 is 2.66 bits per heavy atom. The quantitative estimate of drug-likeness (QED) is 0.673. The molecule has 4 nitrogen and oxygen atoms in total. The van der Waals surface area contributed by atoms with Gasteiger partial charge in [-0.3, -0.25) is 9.78 Å². The number of nitrogens with zero attached hydrogens (tertiary/aromatic N) is 2. The van der Waals surface area contributed by atoms with Gasteiger partial charge in [-0.2, -0.15) is 0 Å². The summed E-state index contributed by atoms with van der Waals surface area (Å²) < 4.78 is 0. The van der Waals surface area contributed by atoms with E-state index in [1.807, 2.05) is 50.2 Å². The van der Waals surface area contributed by atoms with Gasteiger partial charge in [0.05, 0.1) is 11.7 Å². The first-order valence-corrected chi connectivity index (χ1v) is 9.80. The van der Waals surface area contributed by atoms with Crippen molar-refractivity contribution >= 4 is 11.6 Å². The fraction of sp³-hybridized carbons (Fsp3) is 0.200. The Kier molecular flexibility index (Phi) is 5.31. The Labute approximate surface area is 171 Å². The van der Waals surface area contributed by atoms with Gasteiger partial charge in [-0.25, -0.2) is 0 Å². The molecule has 29 heavy (non-hydrogen) atoms. The molecule has 4 rings (SSSR count). The largest absolute Gasteiger partial charge is 0.345 e. The summed E-state index contributed by atoms with van der Waals surface area (Å²) >= 11 is 0. The molecule has 2 heterocycles. The summed E-state index contributed by atoms with van der Waals surface area (Å²) in [7, 11) is 0. The lowest BCUT2D eigenvalue weighted by molar-refractivity contribution is 0.0940. The summed E-state index contributed by atoms with van der Waals surface area (Å²) in [6, 6.07) is 21.1. The zero-order valence-electron chi connectivity index (χ0n) is 16.6. The van der Waals surface area contributed by atoms with Crippen LogP contribution in [0.15, 0.2) is 67.0 Å². The zero-order chi connectivity index (χ0) is 20.2. The molecule has 3 aromatic rings. The first-order valence-electron chi connectivity index (χ1n) is 9.80. The molecule has 0 spiro atoms. The monoisotopic (exact) mass is 381 g/mol. The summed E-state index contributed by atoms with van der Waals surface area (Å²) in [5.41, 5.74) is 6.41. The molecule has 1 N–H and O–H groups in total. The molecular formula is C25H23N3O. The number of benzene rings is 2. The van der Waals surface area contributed by atoms with Crippen LogP contribution in [0.3, 0.4) is 0 Å². The third-order valence-electron chi connectivity index (χ3n) is 5.23. The number of hydrogen-bond acceptors (Lipinski definition) is 3. The first kappa shape index (κ1) is 18.8. The molecule has 1 aliphatic rings. The Morgan fingerprint density at radius 1 is 1.14 bits per heavy atom. The van der Waals surface area contributed by atoms with Crippen molar-refractivity contribution in [2.45, 2.75) is 26.3 Å². The molecule has 0 fully saturated rings. The topological polar surface area (TPSA) is 45.2 Å². The second kappa shape index (κ2) is 8.20. The highest BCUT2D eigenvalue weighted by atomic mass is 16.1. The van der Waals surface area contributed by atoms with Gasteiger partial charge in [0.25, 0.3) is 5.91 Å². The van der Waals surface area contributed by atoms with Crippen LogP contribution in [0.25, 0.3) is 11.1 Å². The van der Waals surface area contributed by atoms with Crippen molar-refractivity contribution in [2.24, 2.45) is 0 Å². The highest BCUT2D eigenvalue weighted by Crippen LogP contribution is 2.32. The van der Waals surface area contributed by atoms with Crippen LogP contribution in [-0.2, 0) is 6.42 Å². The van der Waals surface area contributed by atoms with Gasteiger partial charge in [0.2, 0.25) is 0 Å². The molecule has 1 atom stereocenters. The van der Waals surface area contributed by atoms with Gasteiger partial charge >= 0.3 is 0 Å². The van der Waals surface area contributed by atoms with Crippen LogP contribution in [0.2, 0.25) is 0 Å². The smallest absolute Gasteiger partial charge is 0.251 e.